The number of hydrogen-bond acceptors (Lipinski definition) is 4. The molecule has 0 unspecified atom stereocenters. The molecular formula is C11H10ClN3O2S. The fourth-order valence-electron chi connectivity index (χ4n) is 1.48. The second kappa shape index (κ2) is 5.41. The van der Waals surface area contributed by atoms with E-state index in [-0.39, 0.29) is 5.69 Å². The van der Waals surface area contributed by atoms with E-state index in [9.17, 15) is 9.59 Å². The lowest BCUT2D eigenvalue weighted by atomic mass is 10.2. The fourth-order valence-corrected chi connectivity index (χ4v) is 2.77. The number of benzene rings is 1. The monoisotopic (exact) mass is 283 g/mol. The molecule has 0 fully saturated rings. The van der Waals surface area contributed by atoms with Crippen molar-refractivity contribution < 1.29 is 4.79 Å². The highest BCUT2D eigenvalue weighted by Crippen LogP contribution is 2.33. The van der Waals surface area contributed by atoms with Crippen LogP contribution < -0.4 is 5.69 Å². The summed E-state index contributed by atoms with van der Waals surface area (Å²) in [6, 6.07) is 5.06. The van der Waals surface area contributed by atoms with E-state index in [2.05, 4.69) is 10.2 Å². The summed E-state index contributed by atoms with van der Waals surface area (Å²) in [6.07, 6.45) is 0.731. The molecule has 7 heteroatoms. The molecule has 18 heavy (non-hydrogen) atoms. The van der Waals surface area contributed by atoms with Crippen molar-refractivity contribution >= 4 is 29.6 Å². The molecule has 0 saturated carbocycles. The van der Waals surface area contributed by atoms with E-state index in [1.54, 1.807) is 18.2 Å². The first-order valence-corrected chi connectivity index (χ1v) is 6.43. The summed E-state index contributed by atoms with van der Waals surface area (Å²) in [5.74, 6) is 0. The van der Waals surface area contributed by atoms with E-state index < -0.39 is 0 Å². The Balaban J connectivity index is 2.45. The Hall–Kier alpha value is -1.53. The maximum absolute atomic E-state index is 11.4. The number of aldehydes is 1. The smallest absolute Gasteiger partial charge is 0.298 e. The van der Waals surface area contributed by atoms with E-state index >= 15 is 0 Å². The van der Waals surface area contributed by atoms with E-state index in [1.807, 2.05) is 6.92 Å². The van der Waals surface area contributed by atoms with Crippen molar-refractivity contribution in [2.45, 2.75) is 23.5 Å². The molecule has 0 bridgehead atoms. The molecule has 2 rings (SSSR count). The summed E-state index contributed by atoms with van der Waals surface area (Å²) in [6.45, 7) is 2.34. The van der Waals surface area contributed by atoms with Crippen LogP contribution in [0.1, 0.15) is 17.3 Å². The molecule has 0 saturated heterocycles. The maximum atomic E-state index is 11.4. The standard InChI is InChI=1S/C11H10ClN3O2S/c1-2-15-10(17)13-14-11(15)18-9-7(6-16)4-3-5-8(9)12/h3-6H,2H2,1H3,(H,13,17). The molecule has 0 aliphatic carbocycles. The highest BCUT2D eigenvalue weighted by molar-refractivity contribution is 7.99. The molecular weight excluding hydrogens is 274 g/mol. The third kappa shape index (κ3) is 2.34. The number of carbonyl (C=O) groups is 1. The van der Waals surface area contributed by atoms with Gasteiger partial charge in [-0.3, -0.25) is 9.36 Å². The van der Waals surface area contributed by atoms with Gasteiger partial charge < -0.3 is 0 Å². The zero-order chi connectivity index (χ0) is 13.1. The van der Waals surface area contributed by atoms with Gasteiger partial charge >= 0.3 is 5.69 Å². The quantitative estimate of drug-likeness (QED) is 0.874. The molecule has 0 aliphatic heterocycles. The average Bonchev–Trinajstić information content (AvgIpc) is 2.72. The molecule has 0 atom stereocenters. The van der Waals surface area contributed by atoms with Crippen LogP contribution in [0.25, 0.3) is 0 Å². The van der Waals surface area contributed by atoms with E-state index in [4.69, 9.17) is 11.6 Å². The van der Waals surface area contributed by atoms with Crippen LogP contribution in [-0.2, 0) is 6.54 Å². The van der Waals surface area contributed by atoms with Gasteiger partial charge in [0.2, 0.25) is 0 Å². The summed E-state index contributed by atoms with van der Waals surface area (Å²) in [5, 5.41) is 7.23. The number of halogens is 1. The van der Waals surface area contributed by atoms with Crippen LogP contribution in [0.15, 0.2) is 33.0 Å². The van der Waals surface area contributed by atoms with Crippen molar-refractivity contribution in [2.75, 3.05) is 0 Å². The van der Waals surface area contributed by atoms with Gasteiger partial charge in [0.05, 0.1) is 5.02 Å². The van der Waals surface area contributed by atoms with Crippen LogP contribution in [0.5, 0.6) is 0 Å². The first-order valence-electron chi connectivity index (χ1n) is 5.24. The molecule has 1 N–H and O–H groups in total. The first-order chi connectivity index (χ1) is 8.67. The summed E-state index contributed by atoms with van der Waals surface area (Å²) >= 11 is 7.25. The Labute approximate surface area is 112 Å². The molecule has 1 heterocycles. The lowest BCUT2D eigenvalue weighted by molar-refractivity contribution is 0.112. The van der Waals surface area contributed by atoms with Gasteiger partial charge in [-0.25, -0.2) is 9.89 Å². The second-order valence-electron chi connectivity index (χ2n) is 3.43. The number of aromatic amines is 1. The Morgan fingerprint density at radius 2 is 2.33 bits per heavy atom. The fraction of sp³-hybridized carbons (Fsp3) is 0.182. The SMILES string of the molecule is CCn1c(Sc2c(Cl)cccc2C=O)n[nH]c1=O. The number of aromatic nitrogens is 3. The predicted molar refractivity (Wildman–Crippen MR) is 69.5 cm³/mol. The summed E-state index contributed by atoms with van der Waals surface area (Å²) in [4.78, 5) is 23.0. The normalized spacial score (nSPS) is 10.6. The van der Waals surface area contributed by atoms with Crippen LogP contribution in [0.4, 0.5) is 0 Å². The lowest BCUT2D eigenvalue weighted by Crippen LogP contribution is -2.16. The van der Waals surface area contributed by atoms with E-state index in [1.165, 1.54) is 16.3 Å². The van der Waals surface area contributed by atoms with Gasteiger partial charge in [-0.05, 0) is 24.8 Å². The zero-order valence-electron chi connectivity index (χ0n) is 9.51. The lowest BCUT2D eigenvalue weighted by Gasteiger charge is -2.06. The van der Waals surface area contributed by atoms with Crippen molar-refractivity contribution in [1.29, 1.82) is 0 Å². The maximum Gasteiger partial charge on any atom is 0.343 e. The Morgan fingerprint density at radius 1 is 1.56 bits per heavy atom. The van der Waals surface area contributed by atoms with Gasteiger partial charge in [0, 0.05) is 17.0 Å². The zero-order valence-corrected chi connectivity index (χ0v) is 11.1. The molecule has 94 valence electrons. The Bertz CT molecular complexity index is 635. The van der Waals surface area contributed by atoms with Gasteiger partial charge in [0.25, 0.3) is 0 Å². The third-order valence-electron chi connectivity index (χ3n) is 2.36. The van der Waals surface area contributed by atoms with Crippen LogP contribution >= 0.6 is 23.4 Å². The molecule has 1 aromatic heterocycles. The molecule has 1 aromatic carbocycles. The highest BCUT2D eigenvalue weighted by atomic mass is 35.5. The molecule has 0 amide bonds. The molecule has 0 radical (unpaired) electrons. The van der Waals surface area contributed by atoms with Crippen molar-refractivity contribution in [2.24, 2.45) is 0 Å². The van der Waals surface area contributed by atoms with Gasteiger partial charge in [-0.1, -0.05) is 23.7 Å². The van der Waals surface area contributed by atoms with E-state index in [0.29, 0.717) is 27.2 Å². The molecule has 0 aliphatic rings. The minimum atomic E-state index is -0.278. The number of rotatable bonds is 4. The van der Waals surface area contributed by atoms with Crippen molar-refractivity contribution in [3.63, 3.8) is 0 Å². The largest absolute Gasteiger partial charge is 0.343 e. The Kier molecular flexibility index (Phi) is 3.88. The van der Waals surface area contributed by atoms with Crippen molar-refractivity contribution in [3.8, 4) is 0 Å². The first kappa shape index (κ1) is 12.9. The van der Waals surface area contributed by atoms with Crippen LogP contribution in [0.3, 0.4) is 0 Å². The number of hydrogen-bond donors (Lipinski definition) is 1. The summed E-state index contributed by atoms with van der Waals surface area (Å²) in [5.41, 5.74) is 0.199. The summed E-state index contributed by atoms with van der Waals surface area (Å²) in [7, 11) is 0. The highest BCUT2D eigenvalue weighted by Gasteiger charge is 2.13. The number of carbonyl (C=O) groups excluding carboxylic acids is 1. The minimum absolute atomic E-state index is 0.278. The van der Waals surface area contributed by atoms with Gasteiger partial charge in [0.15, 0.2) is 11.4 Å². The summed E-state index contributed by atoms with van der Waals surface area (Å²) < 4.78 is 1.47. The number of nitrogens with zero attached hydrogens (tertiary/aromatic N) is 2. The molecule has 2 aromatic rings. The van der Waals surface area contributed by atoms with Crippen LogP contribution in [-0.4, -0.2) is 21.1 Å². The van der Waals surface area contributed by atoms with Crippen LogP contribution in [0, 0.1) is 0 Å². The average molecular weight is 284 g/mol. The second-order valence-corrected chi connectivity index (χ2v) is 4.82. The van der Waals surface area contributed by atoms with Crippen molar-refractivity contribution in [3.05, 3.63) is 39.3 Å². The van der Waals surface area contributed by atoms with Gasteiger partial charge in [-0.15, -0.1) is 5.10 Å². The van der Waals surface area contributed by atoms with Crippen LogP contribution in [0.2, 0.25) is 5.02 Å². The molecule has 0 spiro atoms. The number of nitrogens with one attached hydrogen (secondary N) is 1. The number of H-pyrrole nitrogens is 1. The third-order valence-corrected chi connectivity index (χ3v) is 3.94. The topological polar surface area (TPSA) is 67.8 Å². The van der Waals surface area contributed by atoms with Gasteiger partial charge in [-0.2, -0.15) is 0 Å². The predicted octanol–water partition coefficient (Wildman–Crippen LogP) is 2.21. The Morgan fingerprint density at radius 3 is 3.00 bits per heavy atom. The van der Waals surface area contributed by atoms with Crippen molar-refractivity contribution in [1.82, 2.24) is 14.8 Å². The molecule has 5 nitrogen and oxygen atoms in total. The van der Waals surface area contributed by atoms with E-state index in [0.717, 1.165) is 6.29 Å². The minimum Gasteiger partial charge on any atom is -0.298 e. The van der Waals surface area contributed by atoms with Gasteiger partial charge in [0.1, 0.15) is 0 Å².